The van der Waals surface area contributed by atoms with Crippen molar-refractivity contribution in [2.45, 2.75) is 0 Å². The number of hydrogen-bond acceptors (Lipinski definition) is 4. The maximum Gasteiger partial charge on any atom is 0.238 e. The minimum absolute atomic E-state index is 0.590. The van der Waals surface area contributed by atoms with Crippen molar-refractivity contribution in [1.82, 2.24) is 24.1 Å². The summed E-state index contributed by atoms with van der Waals surface area (Å²) in [5.74, 6) is 1.85. The van der Waals surface area contributed by atoms with Gasteiger partial charge in [-0.2, -0.15) is 9.97 Å². The quantitative estimate of drug-likeness (QED) is 0.187. The Morgan fingerprint density at radius 1 is 0.353 bits per heavy atom. The van der Waals surface area contributed by atoms with E-state index >= 15 is 0 Å². The van der Waals surface area contributed by atoms with Crippen molar-refractivity contribution in [1.29, 1.82) is 0 Å². The van der Waals surface area contributed by atoms with Crippen LogP contribution >= 0.6 is 11.3 Å². The van der Waals surface area contributed by atoms with Crippen molar-refractivity contribution in [2.24, 2.45) is 0 Å². The van der Waals surface area contributed by atoms with Gasteiger partial charge in [0.15, 0.2) is 11.6 Å². The van der Waals surface area contributed by atoms with Crippen LogP contribution in [-0.4, -0.2) is 24.1 Å². The van der Waals surface area contributed by atoms with Crippen molar-refractivity contribution in [3.05, 3.63) is 164 Å². The highest BCUT2D eigenvalue weighted by molar-refractivity contribution is 7.25. The predicted octanol–water partition coefficient (Wildman–Crippen LogP) is 11.8. The molecule has 6 heteroatoms. The van der Waals surface area contributed by atoms with Crippen LogP contribution in [0.3, 0.4) is 0 Å². The number of rotatable bonds is 4. The molecule has 4 heterocycles. The third-order valence-corrected chi connectivity index (χ3v) is 11.1. The summed E-state index contributed by atoms with van der Waals surface area (Å²) in [6, 6.07) is 57.8. The van der Waals surface area contributed by atoms with Crippen molar-refractivity contribution >= 4 is 75.1 Å². The Balaban J connectivity index is 1.21. The topological polar surface area (TPSA) is 48.5 Å². The van der Waals surface area contributed by atoms with Crippen LogP contribution in [0.1, 0.15) is 0 Å². The average Bonchev–Trinajstić information content (AvgIpc) is 3.84. The molecule has 0 N–H and O–H groups in total. The molecule has 0 aliphatic rings. The summed E-state index contributed by atoms with van der Waals surface area (Å²) in [5, 5.41) is 7.25. The summed E-state index contributed by atoms with van der Waals surface area (Å²) in [6.07, 6.45) is 0. The minimum Gasteiger partial charge on any atom is -0.309 e. The summed E-state index contributed by atoms with van der Waals surface area (Å²) < 4.78 is 7.11. The molecule has 0 atom stereocenters. The fraction of sp³-hybridized carbons (Fsp3) is 0. The molecule has 0 bridgehead atoms. The van der Waals surface area contributed by atoms with E-state index in [1.54, 1.807) is 0 Å². The first-order valence-corrected chi connectivity index (χ1v) is 17.9. The normalized spacial score (nSPS) is 11.9. The number of thiophene rings is 1. The fourth-order valence-electron chi connectivity index (χ4n) is 7.68. The first kappa shape index (κ1) is 28.2. The molecule has 11 rings (SSSR count). The summed E-state index contributed by atoms with van der Waals surface area (Å²) in [4.78, 5) is 15.6. The summed E-state index contributed by atoms with van der Waals surface area (Å²) in [5.41, 5.74) is 7.37. The third kappa shape index (κ3) is 4.30. The van der Waals surface area contributed by atoms with Gasteiger partial charge in [-0.05, 0) is 48.5 Å². The van der Waals surface area contributed by atoms with Gasteiger partial charge in [-0.3, -0.25) is 4.57 Å². The number of fused-ring (bicyclic) bond motifs is 9. The maximum atomic E-state index is 5.30. The third-order valence-electron chi connectivity index (χ3n) is 9.97. The van der Waals surface area contributed by atoms with E-state index in [2.05, 4.69) is 155 Å². The summed E-state index contributed by atoms with van der Waals surface area (Å²) in [6.45, 7) is 0. The standard InChI is InChI=1S/C45H27N5S/c1-3-13-28(14-4-1)43-46-44(29-23-24-33-31-17-7-10-20-37(31)49(39(33)25-29)30-15-5-2-6-16-30)48-45(47-43)50-38-21-11-8-18-32(38)35-27-42-36(26-40(35)50)34-19-9-12-22-41(34)51-42/h1-27H. The van der Waals surface area contributed by atoms with Crippen LogP contribution in [0.5, 0.6) is 0 Å². The van der Waals surface area contributed by atoms with Gasteiger partial charge in [0.25, 0.3) is 0 Å². The summed E-state index contributed by atoms with van der Waals surface area (Å²) in [7, 11) is 0. The van der Waals surface area contributed by atoms with E-state index in [4.69, 9.17) is 15.0 Å². The number of aromatic nitrogens is 5. The Morgan fingerprint density at radius 2 is 0.941 bits per heavy atom. The molecule has 238 valence electrons. The highest BCUT2D eigenvalue weighted by atomic mass is 32.1. The first-order chi connectivity index (χ1) is 25.3. The van der Waals surface area contributed by atoms with Gasteiger partial charge < -0.3 is 4.57 Å². The van der Waals surface area contributed by atoms with Crippen LogP contribution in [0.2, 0.25) is 0 Å². The summed E-state index contributed by atoms with van der Waals surface area (Å²) >= 11 is 1.84. The van der Waals surface area contributed by atoms with Gasteiger partial charge in [-0.1, -0.05) is 115 Å². The van der Waals surface area contributed by atoms with Gasteiger partial charge >= 0.3 is 0 Å². The molecule has 0 saturated carbocycles. The molecule has 7 aromatic carbocycles. The molecular formula is C45H27N5S. The highest BCUT2D eigenvalue weighted by Gasteiger charge is 2.20. The lowest BCUT2D eigenvalue weighted by atomic mass is 10.1. The molecular weight excluding hydrogens is 643 g/mol. The lowest BCUT2D eigenvalue weighted by Crippen LogP contribution is -2.06. The smallest absolute Gasteiger partial charge is 0.238 e. The van der Waals surface area contributed by atoms with E-state index < -0.39 is 0 Å². The Kier molecular flexibility index (Phi) is 6.05. The molecule has 11 aromatic rings. The van der Waals surface area contributed by atoms with Crippen molar-refractivity contribution < 1.29 is 0 Å². The van der Waals surface area contributed by atoms with E-state index in [9.17, 15) is 0 Å². The van der Waals surface area contributed by atoms with Crippen LogP contribution < -0.4 is 0 Å². The Morgan fingerprint density at radius 3 is 1.73 bits per heavy atom. The lowest BCUT2D eigenvalue weighted by molar-refractivity contribution is 0.954. The lowest BCUT2D eigenvalue weighted by Gasteiger charge is -2.12. The van der Waals surface area contributed by atoms with Crippen molar-refractivity contribution in [3.8, 4) is 34.4 Å². The molecule has 0 aliphatic heterocycles. The minimum atomic E-state index is 0.590. The molecule has 0 fully saturated rings. The largest absolute Gasteiger partial charge is 0.309 e. The number of para-hydroxylation sites is 3. The molecule has 51 heavy (non-hydrogen) atoms. The highest BCUT2D eigenvalue weighted by Crippen LogP contribution is 2.41. The van der Waals surface area contributed by atoms with Gasteiger partial charge in [0.2, 0.25) is 5.95 Å². The zero-order chi connectivity index (χ0) is 33.5. The maximum absolute atomic E-state index is 5.30. The molecule has 0 amide bonds. The van der Waals surface area contributed by atoms with Crippen LogP contribution in [0.25, 0.3) is 98.2 Å². The van der Waals surface area contributed by atoms with Gasteiger partial charge in [-0.25, -0.2) is 4.98 Å². The molecule has 5 nitrogen and oxygen atoms in total. The zero-order valence-corrected chi connectivity index (χ0v) is 28.0. The van der Waals surface area contributed by atoms with Crippen molar-refractivity contribution in [2.75, 3.05) is 0 Å². The van der Waals surface area contributed by atoms with Gasteiger partial charge in [0, 0.05) is 58.5 Å². The number of hydrogen-bond donors (Lipinski definition) is 0. The molecule has 4 aromatic heterocycles. The number of nitrogens with zero attached hydrogens (tertiary/aromatic N) is 5. The molecule has 0 aliphatic carbocycles. The molecule has 0 unspecified atom stereocenters. The fourth-order valence-corrected chi connectivity index (χ4v) is 8.80. The van der Waals surface area contributed by atoms with Crippen molar-refractivity contribution in [3.63, 3.8) is 0 Å². The zero-order valence-electron chi connectivity index (χ0n) is 27.2. The SMILES string of the molecule is c1ccc(-c2nc(-c3ccc4c5ccccc5n(-c5ccccc5)c4c3)nc(-n3c4ccccc4c4cc5sc6ccccc6c5cc43)n2)cc1. The second-order valence-corrected chi connectivity index (χ2v) is 14.0. The first-order valence-electron chi connectivity index (χ1n) is 17.0. The van der Waals surface area contributed by atoms with Crippen LogP contribution in [0, 0.1) is 0 Å². The van der Waals surface area contributed by atoms with Gasteiger partial charge in [0.05, 0.1) is 22.1 Å². The van der Waals surface area contributed by atoms with E-state index in [1.165, 1.54) is 41.7 Å². The molecule has 0 saturated heterocycles. The Hall–Kier alpha value is -6.63. The monoisotopic (exact) mass is 669 g/mol. The Bertz CT molecular complexity index is 3140. The average molecular weight is 670 g/mol. The molecule has 0 radical (unpaired) electrons. The number of benzene rings is 7. The van der Waals surface area contributed by atoms with E-state index in [0.717, 1.165) is 38.9 Å². The van der Waals surface area contributed by atoms with Gasteiger partial charge in [-0.15, -0.1) is 11.3 Å². The second kappa shape index (κ2) is 10.9. The predicted molar refractivity (Wildman–Crippen MR) is 212 cm³/mol. The van der Waals surface area contributed by atoms with Crippen LogP contribution in [0.4, 0.5) is 0 Å². The Labute approximate surface area is 296 Å². The van der Waals surface area contributed by atoms with E-state index in [1.807, 2.05) is 29.5 Å². The van der Waals surface area contributed by atoms with Crippen LogP contribution in [0.15, 0.2) is 164 Å². The van der Waals surface area contributed by atoms with E-state index in [0.29, 0.717) is 17.6 Å². The van der Waals surface area contributed by atoms with E-state index in [-0.39, 0.29) is 0 Å². The second-order valence-electron chi connectivity index (χ2n) is 12.9. The van der Waals surface area contributed by atoms with Crippen LogP contribution in [-0.2, 0) is 0 Å². The molecule has 0 spiro atoms. The van der Waals surface area contributed by atoms with Gasteiger partial charge in [0.1, 0.15) is 0 Å².